The van der Waals surface area contributed by atoms with E-state index in [-0.39, 0.29) is 5.91 Å². The van der Waals surface area contributed by atoms with Crippen LogP contribution in [0, 0.1) is 11.3 Å². The molecule has 0 radical (unpaired) electrons. The Kier molecular flexibility index (Phi) is 7.04. The number of hydrogen-bond donors (Lipinski definition) is 0. The van der Waals surface area contributed by atoms with Crippen LogP contribution >= 0.6 is 0 Å². The third-order valence-corrected chi connectivity index (χ3v) is 5.76. The Morgan fingerprint density at radius 2 is 1.62 bits per heavy atom. The number of carbonyl (C=O) groups is 1. The van der Waals surface area contributed by atoms with Gasteiger partial charge in [0.1, 0.15) is 5.75 Å². The van der Waals surface area contributed by atoms with Gasteiger partial charge in [0.05, 0.1) is 24.7 Å². The van der Waals surface area contributed by atoms with E-state index in [1.54, 1.807) is 0 Å². The van der Waals surface area contributed by atoms with Gasteiger partial charge in [-0.3, -0.25) is 4.79 Å². The molecule has 0 N–H and O–H groups in total. The highest BCUT2D eigenvalue weighted by molar-refractivity contribution is 5.76. The Morgan fingerprint density at radius 1 is 0.875 bits per heavy atom. The number of rotatable bonds is 6. The summed E-state index contributed by atoms with van der Waals surface area (Å²) in [5, 5.41) is 8.98. The van der Waals surface area contributed by atoms with Gasteiger partial charge in [-0.25, -0.2) is 0 Å². The van der Waals surface area contributed by atoms with Crippen molar-refractivity contribution in [2.75, 3.05) is 37.7 Å². The molecule has 0 aromatic heterocycles. The Morgan fingerprint density at radius 3 is 2.41 bits per heavy atom. The first kappa shape index (κ1) is 21.5. The van der Waals surface area contributed by atoms with Crippen molar-refractivity contribution in [2.24, 2.45) is 0 Å². The van der Waals surface area contributed by atoms with Crippen molar-refractivity contribution in [3.05, 3.63) is 84.4 Å². The second-order valence-corrected chi connectivity index (χ2v) is 7.84. The molecule has 4 rings (SSSR count). The fourth-order valence-corrected chi connectivity index (χ4v) is 4.03. The molecule has 3 aromatic carbocycles. The Hall–Kier alpha value is -3.78. The van der Waals surface area contributed by atoms with Gasteiger partial charge in [0, 0.05) is 37.4 Å². The van der Waals surface area contributed by atoms with E-state index in [0.717, 1.165) is 48.6 Å². The normalized spacial score (nSPS) is 13.8. The fourth-order valence-electron chi connectivity index (χ4n) is 4.03. The highest BCUT2D eigenvalue weighted by Crippen LogP contribution is 2.29. The van der Waals surface area contributed by atoms with Crippen LogP contribution in [0.1, 0.15) is 18.4 Å². The predicted molar refractivity (Wildman–Crippen MR) is 127 cm³/mol. The first-order valence-electron chi connectivity index (χ1n) is 11.0. The largest absolute Gasteiger partial charge is 0.492 e. The smallest absolute Gasteiger partial charge is 0.226 e. The third kappa shape index (κ3) is 5.28. The number of benzene rings is 3. The lowest BCUT2D eigenvalue weighted by Crippen LogP contribution is -2.35. The zero-order valence-corrected chi connectivity index (χ0v) is 18.1. The molecular formula is C27H27N3O2. The molecule has 1 heterocycles. The van der Waals surface area contributed by atoms with Gasteiger partial charge in [-0.15, -0.1) is 0 Å². The molecular weight excluding hydrogens is 398 g/mol. The molecule has 0 spiro atoms. The van der Waals surface area contributed by atoms with E-state index < -0.39 is 0 Å². The average molecular weight is 426 g/mol. The highest BCUT2D eigenvalue weighted by Gasteiger charge is 2.19. The SMILES string of the molecule is N#Cc1ccc(N2CCCN(C(=O)CCOc3ccccc3-c3ccccc3)CC2)cc1. The number of nitriles is 1. The molecule has 1 amide bonds. The van der Waals surface area contributed by atoms with Crippen molar-refractivity contribution in [3.63, 3.8) is 0 Å². The number of amides is 1. The molecule has 1 saturated heterocycles. The standard InChI is InChI=1S/C27H27N3O2/c28-21-22-11-13-24(14-12-22)29-16-6-17-30(19-18-29)27(31)15-20-32-26-10-5-4-9-25(26)23-7-2-1-3-8-23/h1-5,7-14H,6,15-20H2. The van der Waals surface area contributed by atoms with E-state index in [4.69, 9.17) is 10.00 Å². The maximum Gasteiger partial charge on any atom is 0.226 e. The second kappa shape index (κ2) is 10.5. The fraction of sp³-hybridized carbons (Fsp3) is 0.259. The molecule has 162 valence electrons. The van der Waals surface area contributed by atoms with E-state index >= 15 is 0 Å². The van der Waals surface area contributed by atoms with Crippen molar-refractivity contribution < 1.29 is 9.53 Å². The van der Waals surface area contributed by atoms with Crippen LogP contribution in [-0.2, 0) is 4.79 Å². The lowest BCUT2D eigenvalue weighted by atomic mass is 10.1. The summed E-state index contributed by atoms with van der Waals surface area (Å²) in [6.07, 6.45) is 1.28. The van der Waals surface area contributed by atoms with E-state index in [1.165, 1.54) is 0 Å². The van der Waals surface area contributed by atoms with Crippen LogP contribution in [0.5, 0.6) is 5.75 Å². The minimum Gasteiger partial charge on any atom is -0.492 e. The highest BCUT2D eigenvalue weighted by atomic mass is 16.5. The third-order valence-electron chi connectivity index (χ3n) is 5.76. The summed E-state index contributed by atoms with van der Waals surface area (Å²) in [4.78, 5) is 17.0. The van der Waals surface area contributed by atoms with Crippen molar-refractivity contribution >= 4 is 11.6 Å². The van der Waals surface area contributed by atoms with Crippen molar-refractivity contribution in [3.8, 4) is 22.9 Å². The zero-order chi connectivity index (χ0) is 22.2. The molecule has 0 saturated carbocycles. The van der Waals surface area contributed by atoms with Gasteiger partial charge in [0.2, 0.25) is 5.91 Å². The number of ether oxygens (including phenoxy) is 1. The van der Waals surface area contributed by atoms with Gasteiger partial charge in [0.25, 0.3) is 0 Å². The van der Waals surface area contributed by atoms with Crippen molar-refractivity contribution in [1.29, 1.82) is 5.26 Å². The molecule has 5 heteroatoms. The average Bonchev–Trinajstić information content (AvgIpc) is 3.11. The van der Waals surface area contributed by atoms with Crippen LogP contribution in [-0.4, -0.2) is 43.6 Å². The van der Waals surface area contributed by atoms with Gasteiger partial charge in [-0.2, -0.15) is 5.26 Å². The first-order valence-corrected chi connectivity index (χ1v) is 11.0. The van der Waals surface area contributed by atoms with Crippen LogP contribution in [0.2, 0.25) is 0 Å². The molecule has 1 aliphatic heterocycles. The molecule has 5 nitrogen and oxygen atoms in total. The maximum absolute atomic E-state index is 12.8. The Balaban J connectivity index is 1.30. The second-order valence-electron chi connectivity index (χ2n) is 7.84. The summed E-state index contributed by atoms with van der Waals surface area (Å²) in [5.74, 6) is 0.929. The summed E-state index contributed by atoms with van der Waals surface area (Å²) in [6, 6.07) is 27.9. The van der Waals surface area contributed by atoms with Gasteiger partial charge in [-0.1, -0.05) is 48.5 Å². The number of nitrogens with zero attached hydrogens (tertiary/aromatic N) is 3. The monoisotopic (exact) mass is 425 g/mol. The molecule has 1 aliphatic rings. The maximum atomic E-state index is 12.8. The minimum absolute atomic E-state index is 0.129. The lowest BCUT2D eigenvalue weighted by Gasteiger charge is -2.24. The summed E-state index contributed by atoms with van der Waals surface area (Å²) in [6.45, 7) is 3.50. The van der Waals surface area contributed by atoms with Gasteiger partial charge < -0.3 is 14.5 Å². The molecule has 0 unspecified atom stereocenters. The zero-order valence-electron chi connectivity index (χ0n) is 18.1. The summed E-state index contributed by atoms with van der Waals surface area (Å²) >= 11 is 0. The number of carbonyl (C=O) groups excluding carboxylic acids is 1. The molecule has 0 atom stereocenters. The predicted octanol–water partition coefficient (Wildman–Crippen LogP) is 4.73. The molecule has 0 bridgehead atoms. The first-order chi connectivity index (χ1) is 15.7. The van der Waals surface area contributed by atoms with Crippen LogP contribution in [0.3, 0.4) is 0 Å². The minimum atomic E-state index is 0.129. The van der Waals surface area contributed by atoms with E-state index in [1.807, 2.05) is 71.6 Å². The number of anilines is 1. The molecule has 3 aromatic rings. The summed E-state index contributed by atoms with van der Waals surface area (Å²) in [5.41, 5.74) is 3.89. The quantitative estimate of drug-likeness (QED) is 0.573. The summed E-state index contributed by atoms with van der Waals surface area (Å²) < 4.78 is 6.01. The Labute approximate surface area is 189 Å². The lowest BCUT2D eigenvalue weighted by molar-refractivity contribution is -0.131. The van der Waals surface area contributed by atoms with E-state index in [9.17, 15) is 4.79 Å². The molecule has 32 heavy (non-hydrogen) atoms. The van der Waals surface area contributed by atoms with Gasteiger partial charge in [-0.05, 0) is 42.3 Å². The van der Waals surface area contributed by atoms with Crippen LogP contribution in [0.25, 0.3) is 11.1 Å². The Bertz CT molecular complexity index is 1070. The topological polar surface area (TPSA) is 56.6 Å². The number of hydrogen-bond acceptors (Lipinski definition) is 4. The summed E-state index contributed by atoms with van der Waals surface area (Å²) in [7, 11) is 0. The van der Waals surface area contributed by atoms with Gasteiger partial charge in [0.15, 0.2) is 0 Å². The van der Waals surface area contributed by atoms with E-state index in [0.29, 0.717) is 25.1 Å². The number of para-hydroxylation sites is 1. The van der Waals surface area contributed by atoms with Crippen molar-refractivity contribution in [2.45, 2.75) is 12.8 Å². The molecule has 0 aliphatic carbocycles. The van der Waals surface area contributed by atoms with Crippen molar-refractivity contribution in [1.82, 2.24) is 4.90 Å². The van der Waals surface area contributed by atoms with Crippen LogP contribution in [0.4, 0.5) is 5.69 Å². The van der Waals surface area contributed by atoms with E-state index in [2.05, 4.69) is 23.1 Å². The van der Waals surface area contributed by atoms with Crippen LogP contribution < -0.4 is 9.64 Å². The van der Waals surface area contributed by atoms with Crippen LogP contribution in [0.15, 0.2) is 78.9 Å². The molecule has 1 fully saturated rings. The van der Waals surface area contributed by atoms with Gasteiger partial charge >= 0.3 is 0 Å².